The van der Waals surface area contributed by atoms with Gasteiger partial charge in [0, 0.05) is 19.0 Å². The predicted octanol–water partition coefficient (Wildman–Crippen LogP) is 3.94. The lowest BCUT2D eigenvalue weighted by Gasteiger charge is -2.34. The molecule has 110 valence electrons. The number of benzene rings is 1. The number of hydrogen-bond donors (Lipinski definition) is 0. The zero-order valence-electron chi connectivity index (χ0n) is 12.4. The molecule has 1 aliphatic heterocycles. The number of nitrogens with zero attached hydrogens (tertiary/aromatic N) is 1. The third-order valence-corrected chi connectivity index (χ3v) is 3.42. The summed E-state index contributed by atoms with van der Waals surface area (Å²) in [7, 11) is 0. The van der Waals surface area contributed by atoms with E-state index in [2.05, 4.69) is 0 Å². The molecule has 4 heteroatoms. The second-order valence-electron chi connectivity index (χ2n) is 6.29. The Morgan fingerprint density at radius 3 is 2.70 bits per heavy atom. The van der Waals surface area contributed by atoms with E-state index in [9.17, 15) is 9.18 Å². The molecule has 1 aromatic rings. The van der Waals surface area contributed by atoms with Gasteiger partial charge >= 0.3 is 6.09 Å². The Hall–Kier alpha value is -1.58. The molecule has 1 aliphatic rings. The van der Waals surface area contributed by atoms with E-state index in [1.54, 1.807) is 17.0 Å². The summed E-state index contributed by atoms with van der Waals surface area (Å²) in [5.41, 5.74) is 0.197. The van der Waals surface area contributed by atoms with Crippen molar-refractivity contribution in [3.63, 3.8) is 0 Å². The summed E-state index contributed by atoms with van der Waals surface area (Å²) in [6.07, 6.45) is 1.47. The second kappa shape index (κ2) is 5.81. The number of carbonyl (C=O) groups excluding carboxylic acids is 1. The van der Waals surface area contributed by atoms with Crippen LogP contribution in [-0.4, -0.2) is 29.7 Å². The van der Waals surface area contributed by atoms with Crippen LogP contribution in [0.5, 0.6) is 0 Å². The largest absolute Gasteiger partial charge is 0.444 e. The van der Waals surface area contributed by atoms with Crippen molar-refractivity contribution in [2.45, 2.75) is 45.1 Å². The summed E-state index contributed by atoms with van der Waals surface area (Å²) in [6, 6.07) is 6.80. The van der Waals surface area contributed by atoms with Crippen molar-refractivity contribution in [2.24, 2.45) is 0 Å². The number of ether oxygens (including phenoxy) is 1. The Kier molecular flexibility index (Phi) is 4.31. The highest BCUT2D eigenvalue weighted by Crippen LogP contribution is 2.29. The Labute approximate surface area is 119 Å². The average molecular weight is 279 g/mol. The number of likely N-dealkylation sites (tertiary alicyclic amines) is 1. The van der Waals surface area contributed by atoms with E-state index in [-0.39, 0.29) is 17.8 Å². The van der Waals surface area contributed by atoms with Crippen LogP contribution in [0.4, 0.5) is 9.18 Å². The standard InChI is InChI=1S/C16H22FNO2/c1-16(2,3)20-15(19)18-10-6-7-12(11-18)13-8-4-5-9-14(13)17/h4-5,8-9,12H,6-7,10-11H2,1-3H3. The average Bonchev–Trinajstić information content (AvgIpc) is 2.37. The number of piperidine rings is 1. The van der Waals surface area contributed by atoms with E-state index >= 15 is 0 Å². The lowest BCUT2D eigenvalue weighted by molar-refractivity contribution is 0.0197. The molecule has 0 aromatic heterocycles. The van der Waals surface area contributed by atoms with Gasteiger partial charge < -0.3 is 9.64 Å². The smallest absolute Gasteiger partial charge is 0.410 e. The minimum absolute atomic E-state index is 0.0532. The fourth-order valence-corrected chi connectivity index (χ4v) is 2.53. The van der Waals surface area contributed by atoms with Gasteiger partial charge in [-0.25, -0.2) is 9.18 Å². The molecular formula is C16H22FNO2. The Morgan fingerprint density at radius 2 is 2.05 bits per heavy atom. The third-order valence-electron chi connectivity index (χ3n) is 3.42. The van der Waals surface area contributed by atoms with Gasteiger partial charge in [0.05, 0.1) is 0 Å². The highest BCUT2D eigenvalue weighted by atomic mass is 19.1. The zero-order valence-corrected chi connectivity index (χ0v) is 12.4. The molecule has 20 heavy (non-hydrogen) atoms. The van der Waals surface area contributed by atoms with Crippen LogP contribution in [-0.2, 0) is 4.74 Å². The summed E-state index contributed by atoms with van der Waals surface area (Å²) in [5.74, 6) is -0.138. The maximum atomic E-state index is 13.8. The first-order valence-electron chi connectivity index (χ1n) is 7.09. The van der Waals surface area contributed by atoms with Crippen molar-refractivity contribution in [1.29, 1.82) is 0 Å². The van der Waals surface area contributed by atoms with Gasteiger partial charge in [0.25, 0.3) is 0 Å². The number of carbonyl (C=O) groups is 1. The molecule has 2 rings (SSSR count). The van der Waals surface area contributed by atoms with Crippen molar-refractivity contribution >= 4 is 6.09 Å². The van der Waals surface area contributed by atoms with Crippen LogP contribution in [0.15, 0.2) is 24.3 Å². The van der Waals surface area contributed by atoms with Gasteiger partial charge in [0.2, 0.25) is 0 Å². The Bertz CT molecular complexity index is 482. The monoisotopic (exact) mass is 279 g/mol. The van der Waals surface area contributed by atoms with Crippen LogP contribution in [0.2, 0.25) is 0 Å². The fraction of sp³-hybridized carbons (Fsp3) is 0.562. The van der Waals surface area contributed by atoms with Crippen LogP contribution >= 0.6 is 0 Å². The van der Waals surface area contributed by atoms with Crippen molar-refractivity contribution < 1.29 is 13.9 Å². The van der Waals surface area contributed by atoms with E-state index in [0.29, 0.717) is 18.7 Å². The third kappa shape index (κ3) is 3.71. The highest BCUT2D eigenvalue weighted by molar-refractivity contribution is 5.68. The van der Waals surface area contributed by atoms with Crippen LogP contribution < -0.4 is 0 Å². The minimum Gasteiger partial charge on any atom is -0.444 e. The first-order valence-corrected chi connectivity index (χ1v) is 7.09. The topological polar surface area (TPSA) is 29.5 Å². The Balaban J connectivity index is 2.06. The van der Waals surface area contributed by atoms with Crippen molar-refractivity contribution in [1.82, 2.24) is 4.90 Å². The van der Waals surface area contributed by atoms with Crippen LogP contribution in [0.3, 0.4) is 0 Å². The molecule has 1 saturated heterocycles. The summed E-state index contributed by atoms with van der Waals surface area (Å²) in [4.78, 5) is 13.8. The summed E-state index contributed by atoms with van der Waals surface area (Å²) >= 11 is 0. The van der Waals surface area contributed by atoms with Gasteiger partial charge in [0.1, 0.15) is 11.4 Å². The lowest BCUT2D eigenvalue weighted by atomic mass is 9.90. The summed E-state index contributed by atoms with van der Waals surface area (Å²) < 4.78 is 19.2. The van der Waals surface area contributed by atoms with E-state index in [1.165, 1.54) is 6.07 Å². The molecular weight excluding hydrogens is 257 g/mol. The SMILES string of the molecule is CC(C)(C)OC(=O)N1CCCC(c2ccccc2F)C1. The van der Waals surface area contributed by atoms with Crippen LogP contribution in [0.25, 0.3) is 0 Å². The van der Waals surface area contributed by atoms with E-state index < -0.39 is 5.60 Å². The van der Waals surface area contributed by atoms with E-state index in [1.807, 2.05) is 26.8 Å². The molecule has 0 bridgehead atoms. The molecule has 1 atom stereocenters. The Morgan fingerprint density at radius 1 is 1.35 bits per heavy atom. The van der Waals surface area contributed by atoms with Crippen LogP contribution in [0.1, 0.15) is 45.1 Å². The number of halogens is 1. The molecule has 0 radical (unpaired) electrons. The number of rotatable bonds is 1. The summed E-state index contributed by atoms with van der Waals surface area (Å²) in [6.45, 7) is 6.76. The molecule has 0 N–H and O–H groups in total. The fourth-order valence-electron chi connectivity index (χ4n) is 2.53. The first kappa shape index (κ1) is 14.8. The second-order valence-corrected chi connectivity index (χ2v) is 6.29. The lowest BCUT2D eigenvalue weighted by Crippen LogP contribution is -2.42. The molecule has 0 saturated carbocycles. The quantitative estimate of drug-likeness (QED) is 0.779. The predicted molar refractivity (Wildman–Crippen MR) is 76.2 cm³/mol. The normalized spacial score (nSPS) is 19.8. The maximum Gasteiger partial charge on any atom is 0.410 e. The highest BCUT2D eigenvalue weighted by Gasteiger charge is 2.29. The number of hydrogen-bond acceptors (Lipinski definition) is 2. The molecule has 1 unspecified atom stereocenters. The van der Waals surface area contributed by atoms with E-state index in [4.69, 9.17) is 4.74 Å². The number of amides is 1. The molecule has 3 nitrogen and oxygen atoms in total. The van der Waals surface area contributed by atoms with Gasteiger partial charge in [0.15, 0.2) is 0 Å². The maximum absolute atomic E-state index is 13.8. The van der Waals surface area contributed by atoms with Crippen molar-refractivity contribution in [2.75, 3.05) is 13.1 Å². The van der Waals surface area contributed by atoms with Crippen molar-refractivity contribution in [3.05, 3.63) is 35.6 Å². The molecule has 0 spiro atoms. The molecule has 1 amide bonds. The van der Waals surface area contributed by atoms with Gasteiger partial charge in [-0.2, -0.15) is 0 Å². The minimum atomic E-state index is -0.498. The molecule has 1 heterocycles. The molecule has 1 fully saturated rings. The van der Waals surface area contributed by atoms with Gasteiger partial charge in [-0.15, -0.1) is 0 Å². The molecule has 0 aliphatic carbocycles. The summed E-state index contributed by atoms with van der Waals surface area (Å²) in [5, 5.41) is 0. The van der Waals surface area contributed by atoms with Gasteiger partial charge in [-0.05, 0) is 45.2 Å². The van der Waals surface area contributed by atoms with Gasteiger partial charge in [-0.1, -0.05) is 18.2 Å². The molecule has 1 aromatic carbocycles. The van der Waals surface area contributed by atoms with Gasteiger partial charge in [-0.3, -0.25) is 0 Å². The first-order chi connectivity index (χ1) is 9.37. The van der Waals surface area contributed by atoms with Crippen LogP contribution in [0, 0.1) is 5.82 Å². The zero-order chi connectivity index (χ0) is 14.8. The van der Waals surface area contributed by atoms with Crippen molar-refractivity contribution in [3.8, 4) is 0 Å². The van der Waals surface area contributed by atoms with E-state index in [0.717, 1.165) is 12.8 Å².